The lowest BCUT2D eigenvalue weighted by atomic mass is 9.80. The fourth-order valence-corrected chi connectivity index (χ4v) is 1.31. The Hall–Kier alpha value is -0.965. The first-order chi connectivity index (χ1) is 5.79. The van der Waals surface area contributed by atoms with Gasteiger partial charge >= 0.3 is 7.12 Å². The highest BCUT2D eigenvalue weighted by molar-refractivity contribution is 6.62. The van der Waals surface area contributed by atoms with E-state index in [1.807, 2.05) is 24.3 Å². The summed E-state index contributed by atoms with van der Waals surface area (Å²) in [5, 5.41) is 18.7. The number of nitrogens with one attached hydrogen (secondary N) is 1. The molecule has 0 aliphatic rings. The molecule has 0 amide bonds. The van der Waals surface area contributed by atoms with Crippen molar-refractivity contribution in [3.05, 3.63) is 30.5 Å². The van der Waals surface area contributed by atoms with Crippen molar-refractivity contribution in [3.8, 4) is 0 Å². The Morgan fingerprint density at radius 1 is 1.15 bits per heavy atom. The van der Waals surface area contributed by atoms with Crippen molar-refractivity contribution in [1.29, 1.82) is 0 Å². The summed E-state index contributed by atoms with van der Waals surface area (Å²) >= 11 is 0. The number of hydrogen-bond acceptors (Lipinski definition) is 2. The predicted octanol–water partition coefficient (Wildman–Crippen LogP) is 0.270. The average molecular weight is 197 g/mol. The van der Waals surface area contributed by atoms with E-state index < -0.39 is 7.12 Å². The van der Waals surface area contributed by atoms with Gasteiger partial charge in [-0.15, -0.1) is 12.4 Å². The summed E-state index contributed by atoms with van der Waals surface area (Å²) in [6.45, 7) is 0. The minimum atomic E-state index is -1.40. The number of aromatic nitrogens is 1. The smallest absolute Gasteiger partial charge is 0.423 e. The van der Waals surface area contributed by atoms with Gasteiger partial charge in [0.05, 0.1) is 0 Å². The summed E-state index contributed by atoms with van der Waals surface area (Å²) in [7, 11) is -1.40. The second kappa shape index (κ2) is 3.83. The topological polar surface area (TPSA) is 56.2 Å². The minimum Gasteiger partial charge on any atom is -0.423 e. The van der Waals surface area contributed by atoms with Gasteiger partial charge in [-0.3, -0.25) is 0 Å². The van der Waals surface area contributed by atoms with Crippen LogP contribution in [0, 0.1) is 0 Å². The first kappa shape index (κ1) is 10.1. The van der Waals surface area contributed by atoms with E-state index in [0.29, 0.717) is 5.46 Å². The van der Waals surface area contributed by atoms with Crippen LogP contribution in [0.3, 0.4) is 0 Å². The van der Waals surface area contributed by atoms with E-state index in [9.17, 15) is 0 Å². The third-order valence-electron chi connectivity index (χ3n) is 1.90. The van der Waals surface area contributed by atoms with Gasteiger partial charge in [0.25, 0.3) is 0 Å². The molecule has 0 bridgehead atoms. The molecular weight excluding hydrogens is 188 g/mol. The summed E-state index contributed by atoms with van der Waals surface area (Å²) in [6, 6.07) is 7.50. The largest absolute Gasteiger partial charge is 0.490 e. The minimum absolute atomic E-state index is 0. The van der Waals surface area contributed by atoms with E-state index in [1.165, 1.54) is 0 Å². The Morgan fingerprint density at radius 3 is 2.54 bits per heavy atom. The molecule has 1 aromatic carbocycles. The Balaban J connectivity index is 0.000000845. The zero-order valence-electron chi connectivity index (χ0n) is 6.77. The molecule has 0 saturated carbocycles. The van der Waals surface area contributed by atoms with Gasteiger partial charge in [-0.1, -0.05) is 18.2 Å². The number of H-pyrrole nitrogens is 1. The van der Waals surface area contributed by atoms with E-state index in [1.54, 1.807) is 6.20 Å². The Labute approximate surface area is 82.0 Å². The molecule has 5 heteroatoms. The monoisotopic (exact) mass is 197 g/mol. The molecule has 0 aliphatic heterocycles. The molecule has 13 heavy (non-hydrogen) atoms. The fraction of sp³-hybridized carbons (Fsp3) is 0. The fourth-order valence-electron chi connectivity index (χ4n) is 1.31. The van der Waals surface area contributed by atoms with Crippen LogP contribution in [0.2, 0.25) is 0 Å². The Bertz CT molecular complexity index is 402. The maximum Gasteiger partial charge on any atom is 0.490 e. The van der Waals surface area contributed by atoms with Gasteiger partial charge in [-0.25, -0.2) is 0 Å². The van der Waals surface area contributed by atoms with Crippen molar-refractivity contribution in [2.24, 2.45) is 0 Å². The molecule has 2 rings (SSSR count). The van der Waals surface area contributed by atoms with E-state index >= 15 is 0 Å². The van der Waals surface area contributed by atoms with Crippen LogP contribution >= 0.6 is 12.4 Å². The van der Waals surface area contributed by atoms with Gasteiger partial charge in [0.1, 0.15) is 0 Å². The number of fused-ring (bicyclic) bond motifs is 1. The molecule has 0 fully saturated rings. The van der Waals surface area contributed by atoms with Crippen LogP contribution in [0.4, 0.5) is 0 Å². The molecule has 68 valence electrons. The molecule has 0 aliphatic carbocycles. The maximum atomic E-state index is 8.95. The van der Waals surface area contributed by atoms with Crippen molar-refractivity contribution in [3.63, 3.8) is 0 Å². The van der Waals surface area contributed by atoms with E-state index in [-0.39, 0.29) is 12.4 Å². The number of hydrogen-bond donors (Lipinski definition) is 3. The van der Waals surface area contributed by atoms with E-state index in [2.05, 4.69) is 4.98 Å². The standard InChI is InChI=1S/C8H8BNO2.ClH/c11-9(12)7-5-10-8-4-2-1-3-6(7)8;/h1-5,10-12H;1H. The van der Waals surface area contributed by atoms with Crippen molar-refractivity contribution in [2.45, 2.75) is 0 Å². The Morgan fingerprint density at radius 2 is 1.85 bits per heavy atom. The highest BCUT2D eigenvalue weighted by Gasteiger charge is 2.14. The van der Waals surface area contributed by atoms with E-state index in [4.69, 9.17) is 10.0 Å². The molecule has 3 N–H and O–H groups in total. The lowest BCUT2D eigenvalue weighted by molar-refractivity contribution is 0.426. The third-order valence-corrected chi connectivity index (χ3v) is 1.90. The molecule has 0 spiro atoms. The highest BCUT2D eigenvalue weighted by Crippen LogP contribution is 2.08. The molecule has 0 atom stereocenters. The Kier molecular flexibility index (Phi) is 2.98. The van der Waals surface area contributed by atoms with Gasteiger partial charge in [-0.2, -0.15) is 0 Å². The molecule has 3 nitrogen and oxygen atoms in total. The average Bonchev–Trinajstić information content (AvgIpc) is 2.47. The second-order valence-corrected chi connectivity index (χ2v) is 2.66. The predicted molar refractivity (Wildman–Crippen MR) is 55.4 cm³/mol. The summed E-state index contributed by atoms with van der Waals surface area (Å²) in [6.07, 6.45) is 1.61. The van der Waals surface area contributed by atoms with Crippen LogP contribution in [-0.2, 0) is 0 Å². The normalized spacial score (nSPS) is 9.69. The van der Waals surface area contributed by atoms with E-state index in [0.717, 1.165) is 10.9 Å². The zero-order valence-corrected chi connectivity index (χ0v) is 7.58. The van der Waals surface area contributed by atoms with Crippen LogP contribution in [0.25, 0.3) is 10.9 Å². The maximum absolute atomic E-state index is 8.95. The first-order valence-electron chi connectivity index (χ1n) is 3.71. The quantitative estimate of drug-likeness (QED) is 0.575. The van der Waals surface area contributed by atoms with Crippen molar-refractivity contribution < 1.29 is 10.0 Å². The van der Waals surface area contributed by atoms with Crippen LogP contribution in [0.15, 0.2) is 30.5 Å². The summed E-state index contributed by atoms with van der Waals surface area (Å²) in [5.41, 5.74) is 1.44. The molecule has 1 aromatic heterocycles. The molecule has 2 aromatic rings. The van der Waals surface area contributed by atoms with Crippen molar-refractivity contribution >= 4 is 35.9 Å². The zero-order chi connectivity index (χ0) is 8.55. The molecule has 1 heterocycles. The van der Waals surface area contributed by atoms with Crippen LogP contribution < -0.4 is 5.46 Å². The second-order valence-electron chi connectivity index (χ2n) is 2.66. The first-order valence-corrected chi connectivity index (χ1v) is 3.71. The number of halogens is 1. The van der Waals surface area contributed by atoms with Gasteiger partial charge in [0.15, 0.2) is 0 Å². The van der Waals surface area contributed by atoms with Gasteiger partial charge in [0.2, 0.25) is 0 Å². The lowest BCUT2D eigenvalue weighted by Gasteiger charge is -1.94. The molecule has 0 unspecified atom stereocenters. The van der Waals surface area contributed by atoms with Gasteiger partial charge in [0, 0.05) is 17.2 Å². The number of rotatable bonds is 1. The van der Waals surface area contributed by atoms with Crippen LogP contribution in [0.1, 0.15) is 0 Å². The van der Waals surface area contributed by atoms with Crippen molar-refractivity contribution in [2.75, 3.05) is 0 Å². The van der Waals surface area contributed by atoms with Crippen LogP contribution in [-0.4, -0.2) is 22.2 Å². The summed E-state index contributed by atoms with van der Waals surface area (Å²) in [4.78, 5) is 2.95. The number of benzene rings is 1. The molecule has 0 radical (unpaired) electrons. The third kappa shape index (κ3) is 1.70. The SMILES string of the molecule is Cl.OB(O)c1c[nH]c2ccccc12. The highest BCUT2D eigenvalue weighted by atomic mass is 35.5. The van der Waals surface area contributed by atoms with Crippen molar-refractivity contribution in [1.82, 2.24) is 4.98 Å². The molecule has 0 saturated heterocycles. The van der Waals surface area contributed by atoms with Gasteiger partial charge in [-0.05, 0) is 11.5 Å². The molecular formula is C8H9BClNO2. The van der Waals surface area contributed by atoms with Gasteiger partial charge < -0.3 is 15.0 Å². The van der Waals surface area contributed by atoms with Crippen LogP contribution in [0.5, 0.6) is 0 Å². The number of para-hydroxylation sites is 1. The summed E-state index contributed by atoms with van der Waals surface area (Å²) < 4.78 is 0. The number of aromatic amines is 1. The lowest BCUT2D eigenvalue weighted by Crippen LogP contribution is -2.28. The summed E-state index contributed by atoms with van der Waals surface area (Å²) in [5.74, 6) is 0.